The van der Waals surface area contributed by atoms with Crippen molar-refractivity contribution in [2.75, 3.05) is 5.32 Å². The molecule has 3 heterocycles. The van der Waals surface area contributed by atoms with Crippen LogP contribution in [0.1, 0.15) is 47.6 Å². The minimum atomic E-state index is -4.23. The summed E-state index contributed by atoms with van der Waals surface area (Å²) < 4.78 is 64.8. The number of rotatable bonds is 7. The number of aliphatic hydroxyl groups is 1. The van der Waals surface area contributed by atoms with Crippen molar-refractivity contribution in [3.8, 4) is 11.3 Å². The number of amides is 1. The van der Waals surface area contributed by atoms with Crippen LogP contribution in [-0.2, 0) is 22.2 Å². The molecule has 0 spiro atoms. The number of hydrogen-bond acceptors (Lipinski definition) is 6. The SMILES string of the molecule is O=C(Nc1ccc(F)c(F)c1)c1c(Cl)c(S(=O)(=O)NC2C3CCC2CC(O)(c2cc(-c4ccccc4)on2)C3)c2n1CC=C2. The van der Waals surface area contributed by atoms with Crippen LogP contribution in [0.25, 0.3) is 17.4 Å². The van der Waals surface area contributed by atoms with Crippen molar-refractivity contribution in [3.63, 3.8) is 0 Å². The van der Waals surface area contributed by atoms with Gasteiger partial charge in [0.25, 0.3) is 5.91 Å². The molecular weight excluding hydrogens is 614 g/mol. The number of fused-ring (bicyclic) bond motifs is 3. The van der Waals surface area contributed by atoms with E-state index >= 15 is 0 Å². The summed E-state index contributed by atoms with van der Waals surface area (Å²) in [5.41, 5.74) is 0.107. The van der Waals surface area contributed by atoms with Crippen LogP contribution in [0, 0.1) is 23.5 Å². The van der Waals surface area contributed by atoms with Crippen LogP contribution in [0.2, 0.25) is 5.02 Å². The number of carbonyl (C=O) groups is 1. The molecule has 228 valence electrons. The quantitative estimate of drug-likeness (QED) is 0.238. The number of carbonyl (C=O) groups excluding carboxylic acids is 1. The van der Waals surface area contributed by atoms with Crippen LogP contribution in [0.4, 0.5) is 14.5 Å². The Bertz CT molecular complexity index is 1910. The van der Waals surface area contributed by atoms with Crippen molar-refractivity contribution < 1.29 is 31.6 Å². The Morgan fingerprint density at radius 2 is 1.80 bits per heavy atom. The van der Waals surface area contributed by atoms with E-state index in [0.29, 0.717) is 37.1 Å². The maximum atomic E-state index is 13.9. The molecule has 2 fully saturated rings. The molecule has 2 aromatic heterocycles. The molecule has 2 unspecified atom stereocenters. The molecule has 0 radical (unpaired) electrons. The number of allylic oxidation sites excluding steroid dienone is 1. The number of benzene rings is 2. The van der Waals surface area contributed by atoms with E-state index in [1.165, 1.54) is 10.6 Å². The Morgan fingerprint density at radius 3 is 2.50 bits per heavy atom. The minimum Gasteiger partial charge on any atom is -0.383 e. The van der Waals surface area contributed by atoms with Crippen LogP contribution in [0.3, 0.4) is 0 Å². The number of hydrogen-bond donors (Lipinski definition) is 3. The van der Waals surface area contributed by atoms with Gasteiger partial charge in [-0.2, -0.15) is 0 Å². The van der Waals surface area contributed by atoms with Gasteiger partial charge in [0.05, 0.1) is 10.7 Å². The van der Waals surface area contributed by atoms with Gasteiger partial charge >= 0.3 is 0 Å². The summed E-state index contributed by atoms with van der Waals surface area (Å²) >= 11 is 6.61. The maximum Gasteiger partial charge on any atom is 0.273 e. The molecule has 2 saturated carbocycles. The first-order valence-electron chi connectivity index (χ1n) is 14.2. The summed E-state index contributed by atoms with van der Waals surface area (Å²) in [6.45, 7) is 0.204. The van der Waals surface area contributed by atoms with Crippen molar-refractivity contribution in [1.29, 1.82) is 0 Å². The van der Waals surface area contributed by atoms with Crippen LogP contribution in [0.5, 0.6) is 0 Å². The number of sulfonamides is 1. The third kappa shape index (κ3) is 4.86. The lowest BCUT2D eigenvalue weighted by molar-refractivity contribution is -0.0398. The summed E-state index contributed by atoms with van der Waals surface area (Å²) in [7, 11) is -4.23. The molecule has 9 nitrogen and oxygen atoms in total. The van der Waals surface area contributed by atoms with E-state index in [1.807, 2.05) is 30.3 Å². The Hall–Kier alpha value is -3.84. The van der Waals surface area contributed by atoms with Gasteiger partial charge in [0.2, 0.25) is 10.0 Å². The zero-order valence-corrected chi connectivity index (χ0v) is 24.7. The molecule has 13 heteroatoms. The standard InChI is InChI=1S/C31H27ClF2N4O5S/c32-26-28(30(39)35-20-10-11-21(33)22(34)13-20)38-12-4-7-23(38)29(26)44(41,42)37-27-18-8-9-19(27)16-31(40,15-18)25-14-24(43-36-25)17-5-2-1-3-6-17/h1-7,10-11,13-14,18-19,27,37,40H,8-9,12,15-16H2,(H,35,39). The second-order valence-electron chi connectivity index (χ2n) is 11.6. The van der Waals surface area contributed by atoms with Crippen molar-refractivity contribution in [2.24, 2.45) is 11.8 Å². The number of nitrogens with zero attached hydrogens (tertiary/aromatic N) is 2. The third-order valence-electron chi connectivity index (χ3n) is 8.89. The molecule has 1 aliphatic heterocycles. The van der Waals surface area contributed by atoms with Crippen molar-refractivity contribution >= 4 is 39.3 Å². The van der Waals surface area contributed by atoms with E-state index in [1.54, 1.807) is 18.2 Å². The summed E-state index contributed by atoms with van der Waals surface area (Å²) in [6.07, 6.45) is 5.30. The van der Waals surface area contributed by atoms with Gasteiger partial charge in [0.1, 0.15) is 21.9 Å². The molecule has 1 amide bonds. The molecule has 2 aromatic carbocycles. The molecule has 3 N–H and O–H groups in total. The van der Waals surface area contributed by atoms with Gasteiger partial charge in [-0.05, 0) is 55.7 Å². The van der Waals surface area contributed by atoms with Gasteiger partial charge in [-0.3, -0.25) is 4.79 Å². The first kappa shape index (κ1) is 28.9. The largest absolute Gasteiger partial charge is 0.383 e. The van der Waals surface area contributed by atoms with Crippen LogP contribution >= 0.6 is 11.6 Å². The first-order chi connectivity index (χ1) is 21.0. The summed E-state index contributed by atoms with van der Waals surface area (Å²) in [4.78, 5) is 13.0. The predicted molar refractivity (Wildman–Crippen MR) is 158 cm³/mol. The van der Waals surface area contributed by atoms with E-state index in [4.69, 9.17) is 16.1 Å². The van der Waals surface area contributed by atoms with E-state index in [0.717, 1.165) is 17.7 Å². The molecule has 4 aromatic rings. The zero-order valence-electron chi connectivity index (χ0n) is 23.1. The highest BCUT2D eigenvalue weighted by atomic mass is 35.5. The average Bonchev–Trinajstić information content (AvgIpc) is 3.76. The molecule has 3 aliphatic rings. The maximum absolute atomic E-state index is 13.9. The van der Waals surface area contributed by atoms with Gasteiger partial charge < -0.3 is 19.5 Å². The van der Waals surface area contributed by atoms with Gasteiger partial charge in [0.15, 0.2) is 17.4 Å². The van der Waals surface area contributed by atoms with E-state index in [2.05, 4.69) is 15.2 Å². The lowest BCUT2D eigenvalue weighted by Crippen LogP contribution is -2.49. The van der Waals surface area contributed by atoms with E-state index in [-0.39, 0.29) is 45.4 Å². The van der Waals surface area contributed by atoms with Gasteiger partial charge in [-0.25, -0.2) is 21.9 Å². The van der Waals surface area contributed by atoms with E-state index < -0.39 is 39.2 Å². The topological polar surface area (TPSA) is 126 Å². The highest BCUT2D eigenvalue weighted by molar-refractivity contribution is 7.89. The number of nitrogens with one attached hydrogen (secondary N) is 2. The minimum absolute atomic E-state index is 0.0109. The highest BCUT2D eigenvalue weighted by Gasteiger charge is 2.52. The van der Waals surface area contributed by atoms with Gasteiger partial charge in [-0.1, -0.05) is 53.2 Å². The molecule has 2 aliphatic carbocycles. The first-order valence-corrected chi connectivity index (χ1v) is 16.0. The van der Waals surface area contributed by atoms with Crippen molar-refractivity contribution in [2.45, 2.75) is 48.8 Å². The van der Waals surface area contributed by atoms with Crippen molar-refractivity contribution in [3.05, 3.63) is 94.4 Å². The van der Waals surface area contributed by atoms with Crippen LogP contribution < -0.4 is 10.0 Å². The Kier molecular flexibility index (Phi) is 7.00. The molecule has 44 heavy (non-hydrogen) atoms. The lowest BCUT2D eigenvalue weighted by Gasteiger charge is -2.40. The normalized spacial score (nSPS) is 24.0. The molecular formula is C31H27ClF2N4O5S. The summed E-state index contributed by atoms with van der Waals surface area (Å²) in [5.74, 6) is -2.78. The summed E-state index contributed by atoms with van der Waals surface area (Å²) in [5, 5.41) is 18.1. The second kappa shape index (κ2) is 10.7. The third-order valence-corrected chi connectivity index (χ3v) is 10.9. The van der Waals surface area contributed by atoms with Gasteiger partial charge in [-0.15, -0.1) is 0 Å². The van der Waals surface area contributed by atoms with Crippen LogP contribution in [0.15, 0.2) is 70.1 Å². The van der Waals surface area contributed by atoms with Gasteiger partial charge in [0, 0.05) is 36.0 Å². The second-order valence-corrected chi connectivity index (χ2v) is 13.6. The molecule has 0 saturated heterocycles. The fraction of sp³-hybridized carbons (Fsp3) is 0.290. The van der Waals surface area contributed by atoms with Crippen LogP contribution in [-0.4, -0.2) is 35.2 Å². The molecule has 2 bridgehead atoms. The lowest BCUT2D eigenvalue weighted by atomic mass is 9.73. The highest BCUT2D eigenvalue weighted by Crippen LogP contribution is 2.51. The zero-order chi connectivity index (χ0) is 30.8. The number of halogens is 3. The smallest absolute Gasteiger partial charge is 0.273 e. The monoisotopic (exact) mass is 640 g/mol. The fourth-order valence-electron chi connectivity index (χ4n) is 6.90. The average molecular weight is 641 g/mol. The summed E-state index contributed by atoms with van der Waals surface area (Å²) in [6, 6.07) is 13.6. The number of anilines is 1. The Balaban J connectivity index is 1.13. The Morgan fingerprint density at radius 1 is 1.07 bits per heavy atom. The van der Waals surface area contributed by atoms with E-state index in [9.17, 15) is 27.1 Å². The Labute approximate surface area is 256 Å². The predicted octanol–water partition coefficient (Wildman–Crippen LogP) is 5.71. The fourth-order valence-corrected chi connectivity index (χ4v) is 9.14. The molecule has 7 rings (SSSR count). The van der Waals surface area contributed by atoms with Crippen molar-refractivity contribution in [1.82, 2.24) is 14.4 Å². The number of aromatic nitrogens is 2. The molecule has 2 atom stereocenters.